The highest BCUT2D eigenvalue weighted by molar-refractivity contribution is 6.02. The summed E-state index contributed by atoms with van der Waals surface area (Å²) in [4.78, 5) is 18.8. The van der Waals surface area contributed by atoms with Crippen LogP contribution in [0.25, 0.3) is 5.65 Å². The summed E-state index contributed by atoms with van der Waals surface area (Å²) in [5.74, 6) is 1.08. The maximum absolute atomic E-state index is 12.3. The molecule has 0 bridgehead atoms. The first kappa shape index (κ1) is 11.9. The van der Waals surface area contributed by atoms with E-state index in [1.54, 1.807) is 0 Å². The number of carbonyl (C=O) groups excluding carboxylic acids is 1. The second-order valence-corrected chi connectivity index (χ2v) is 6.14. The molecule has 5 nitrogen and oxygen atoms in total. The largest absolute Gasteiger partial charge is 0.323 e. The van der Waals surface area contributed by atoms with Gasteiger partial charge in [0.2, 0.25) is 5.91 Å². The summed E-state index contributed by atoms with van der Waals surface area (Å²) >= 11 is 0. The summed E-state index contributed by atoms with van der Waals surface area (Å²) in [7, 11) is 0. The smallest absolute Gasteiger partial charge is 0.230 e. The molecule has 2 N–H and O–H groups in total. The van der Waals surface area contributed by atoms with Crippen molar-refractivity contribution in [2.45, 2.75) is 26.3 Å². The Labute approximate surface area is 117 Å². The van der Waals surface area contributed by atoms with Gasteiger partial charge >= 0.3 is 0 Å². The summed E-state index contributed by atoms with van der Waals surface area (Å²) in [6.45, 7) is 4.79. The third kappa shape index (κ3) is 1.59. The van der Waals surface area contributed by atoms with E-state index in [1.807, 2.05) is 35.5 Å². The molecule has 3 atom stereocenters. The number of aryl methyl sites for hydroxylation is 1. The molecule has 1 saturated heterocycles. The number of anilines is 1. The molecule has 4 rings (SSSR count). The summed E-state index contributed by atoms with van der Waals surface area (Å²) in [5.41, 5.74) is 9.65. The third-order valence-electron chi connectivity index (χ3n) is 4.37. The summed E-state index contributed by atoms with van der Waals surface area (Å²) in [5, 5.41) is 0. The number of piperidine rings is 1. The fourth-order valence-electron chi connectivity index (χ4n) is 3.15. The van der Waals surface area contributed by atoms with Crippen LogP contribution in [0, 0.1) is 18.8 Å². The van der Waals surface area contributed by atoms with Crippen LogP contribution in [0.3, 0.4) is 0 Å². The zero-order valence-corrected chi connectivity index (χ0v) is 11.7. The SMILES string of the molecule is Cc1cc(N2CC3CC3C2=O)c2nc([C@@H](C)N)cn2c1. The van der Waals surface area contributed by atoms with E-state index in [1.165, 1.54) is 0 Å². The van der Waals surface area contributed by atoms with Crippen LogP contribution in [0.15, 0.2) is 18.5 Å². The van der Waals surface area contributed by atoms with Crippen molar-refractivity contribution in [2.24, 2.45) is 17.6 Å². The number of carbonyl (C=O) groups is 1. The molecule has 2 aromatic heterocycles. The Morgan fingerprint density at radius 2 is 2.25 bits per heavy atom. The van der Waals surface area contributed by atoms with Crippen LogP contribution in [-0.2, 0) is 4.79 Å². The molecule has 2 aliphatic rings. The van der Waals surface area contributed by atoms with E-state index in [0.717, 1.165) is 35.6 Å². The van der Waals surface area contributed by atoms with E-state index in [4.69, 9.17) is 5.73 Å². The van der Waals surface area contributed by atoms with Gasteiger partial charge in [-0.25, -0.2) is 4.98 Å². The molecule has 1 saturated carbocycles. The number of hydrogen-bond acceptors (Lipinski definition) is 3. The number of rotatable bonds is 2. The Balaban J connectivity index is 1.87. The molecule has 0 spiro atoms. The number of aromatic nitrogens is 2. The lowest BCUT2D eigenvalue weighted by molar-refractivity contribution is -0.118. The molecule has 2 aromatic rings. The van der Waals surface area contributed by atoms with E-state index < -0.39 is 0 Å². The number of nitrogens with two attached hydrogens (primary N) is 1. The van der Waals surface area contributed by atoms with E-state index in [9.17, 15) is 4.79 Å². The molecule has 1 aliphatic heterocycles. The van der Waals surface area contributed by atoms with Crippen LogP contribution in [0.1, 0.15) is 30.6 Å². The summed E-state index contributed by atoms with van der Waals surface area (Å²) < 4.78 is 1.99. The Morgan fingerprint density at radius 3 is 2.90 bits per heavy atom. The standard InChI is InChI=1S/C15H18N4O/c1-8-3-13(19-6-10-4-11(10)15(19)20)14-17-12(9(2)16)7-18(14)5-8/h3,5,7,9-11H,4,6,16H2,1-2H3/t9-,10?,11?/m1/s1. The highest BCUT2D eigenvalue weighted by Gasteiger charge is 2.52. The van der Waals surface area contributed by atoms with Crippen molar-refractivity contribution in [3.8, 4) is 0 Å². The lowest BCUT2D eigenvalue weighted by Gasteiger charge is -2.19. The Morgan fingerprint density at radius 1 is 1.45 bits per heavy atom. The fraction of sp³-hybridized carbons (Fsp3) is 0.467. The van der Waals surface area contributed by atoms with Crippen molar-refractivity contribution >= 4 is 17.2 Å². The molecule has 104 valence electrons. The molecule has 2 fully saturated rings. The number of amides is 1. The molecule has 5 heteroatoms. The molecule has 20 heavy (non-hydrogen) atoms. The Bertz CT molecular complexity index is 718. The lowest BCUT2D eigenvalue weighted by atomic mass is 10.2. The van der Waals surface area contributed by atoms with Crippen LogP contribution in [0.5, 0.6) is 0 Å². The molecule has 1 aliphatic carbocycles. The maximum atomic E-state index is 12.3. The van der Waals surface area contributed by atoms with Crippen LogP contribution in [0.4, 0.5) is 5.69 Å². The number of imidazole rings is 1. The number of fused-ring (bicyclic) bond motifs is 2. The van der Waals surface area contributed by atoms with Gasteiger partial charge in [-0.1, -0.05) is 0 Å². The molecule has 0 aromatic carbocycles. The van der Waals surface area contributed by atoms with Gasteiger partial charge in [-0.2, -0.15) is 0 Å². The molecule has 3 heterocycles. The average Bonchev–Trinajstić information content (AvgIpc) is 2.91. The van der Waals surface area contributed by atoms with Gasteiger partial charge in [0, 0.05) is 30.9 Å². The third-order valence-corrected chi connectivity index (χ3v) is 4.37. The predicted octanol–water partition coefficient (Wildman–Crippen LogP) is 1.65. The minimum Gasteiger partial charge on any atom is -0.323 e. The van der Waals surface area contributed by atoms with Gasteiger partial charge in [0.15, 0.2) is 5.65 Å². The van der Waals surface area contributed by atoms with Crippen LogP contribution in [0.2, 0.25) is 0 Å². The van der Waals surface area contributed by atoms with Gasteiger partial charge in [0.25, 0.3) is 0 Å². The molecular weight excluding hydrogens is 252 g/mol. The first-order valence-corrected chi connectivity index (χ1v) is 7.11. The average molecular weight is 270 g/mol. The van der Waals surface area contributed by atoms with Crippen molar-refractivity contribution in [3.05, 3.63) is 29.7 Å². The topological polar surface area (TPSA) is 63.6 Å². The lowest BCUT2D eigenvalue weighted by Crippen LogP contribution is -2.28. The molecule has 0 radical (unpaired) electrons. The first-order chi connectivity index (χ1) is 9.54. The number of nitrogens with zero attached hydrogens (tertiary/aromatic N) is 3. The van der Waals surface area contributed by atoms with E-state index in [2.05, 4.69) is 11.1 Å². The van der Waals surface area contributed by atoms with E-state index in [0.29, 0.717) is 5.92 Å². The van der Waals surface area contributed by atoms with Crippen molar-refractivity contribution in [1.82, 2.24) is 9.38 Å². The number of hydrogen-bond donors (Lipinski definition) is 1. The summed E-state index contributed by atoms with van der Waals surface area (Å²) in [6, 6.07) is 1.95. The fourth-order valence-corrected chi connectivity index (χ4v) is 3.15. The van der Waals surface area contributed by atoms with E-state index in [-0.39, 0.29) is 17.9 Å². The van der Waals surface area contributed by atoms with Crippen molar-refractivity contribution in [1.29, 1.82) is 0 Å². The zero-order chi connectivity index (χ0) is 14.0. The zero-order valence-electron chi connectivity index (χ0n) is 11.7. The van der Waals surface area contributed by atoms with Crippen molar-refractivity contribution in [2.75, 3.05) is 11.4 Å². The Kier molecular flexibility index (Phi) is 2.27. The van der Waals surface area contributed by atoms with Crippen LogP contribution < -0.4 is 10.6 Å². The monoisotopic (exact) mass is 270 g/mol. The highest BCUT2D eigenvalue weighted by atomic mass is 16.2. The molecular formula is C15H18N4O. The number of pyridine rings is 1. The first-order valence-electron chi connectivity index (χ1n) is 7.11. The minimum atomic E-state index is -0.106. The Hall–Kier alpha value is -1.88. The van der Waals surface area contributed by atoms with Gasteiger partial charge in [-0.3, -0.25) is 4.79 Å². The molecule has 2 unspecified atom stereocenters. The summed E-state index contributed by atoms with van der Waals surface area (Å²) in [6.07, 6.45) is 5.05. The van der Waals surface area contributed by atoms with E-state index >= 15 is 0 Å². The second kappa shape index (κ2) is 3.82. The van der Waals surface area contributed by atoms with Gasteiger partial charge in [0.05, 0.1) is 11.4 Å². The van der Waals surface area contributed by atoms with Gasteiger partial charge in [-0.05, 0) is 37.8 Å². The van der Waals surface area contributed by atoms with Gasteiger partial charge in [-0.15, -0.1) is 0 Å². The van der Waals surface area contributed by atoms with Gasteiger partial charge < -0.3 is 15.0 Å². The van der Waals surface area contributed by atoms with Crippen molar-refractivity contribution in [3.63, 3.8) is 0 Å². The quantitative estimate of drug-likeness (QED) is 0.902. The second-order valence-electron chi connectivity index (χ2n) is 6.14. The normalized spacial score (nSPS) is 26.1. The molecule has 1 amide bonds. The highest BCUT2D eigenvalue weighted by Crippen LogP contribution is 2.47. The van der Waals surface area contributed by atoms with Crippen molar-refractivity contribution < 1.29 is 4.79 Å². The predicted molar refractivity (Wildman–Crippen MR) is 76.5 cm³/mol. The van der Waals surface area contributed by atoms with Crippen LogP contribution >= 0.6 is 0 Å². The minimum absolute atomic E-state index is 0.106. The van der Waals surface area contributed by atoms with Crippen LogP contribution in [-0.4, -0.2) is 21.8 Å². The maximum Gasteiger partial charge on any atom is 0.230 e. The van der Waals surface area contributed by atoms with Gasteiger partial charge in [0.1, 0.15) is 0 Å².